The van der Waals surface area contributed by atoms with Crippen LogP contribution in [0.15, 0.2) is 40.4 Å². The van der Waals surface area contributed by atoms with Crippen LogP contribution in [0.3, 0.4) is 0 Å². The highest BCUT2D eigenvalue weighted by molar-refractivity contribution is 7.13. The van der Waals surface area contributed by atoms with E-state index in [9.17, 15) is 4.79 Å². The molecule has 0 bridgehead atoms. The first-order valence-corrected chi connectivity index (χ1v) is 8.66. The molecule has 0 unspecified atom stereocenters. The summed E-state index contributed by atoms with van der Waals surface area (Å²) in [5.74, 6) is 1.37. The van der Waals surface area contributed by atoms with E-state index < -0.39 is 0 Å². The molecule has 1 aromatic carbocycles. The highest BCUT2D eigenvalue weighted by Gasteiger charge is 2.16. The molecule has 0 fully saturated rings. The van der Waals surface area contributed by atoms with Crippen molar-refractivity contribution in [1.82, 2.24) is 10.1 Å². The van der Waals surface area contributed by atoms with Crippen molar-refractivity contribution in [2.45, 2.75) is 13.8 Å². The number of carbonyl (C=O) groups excluding carboxylic acids is 1. The fraction of sp³-hybridized carbons (Fsp3) is 0.235. The molecule has 0 radical (unpaired) electrons. The first-order valence-electron chi connectivity index (χ1n) is 7.78. The van der Waals surface area contributed by atoms with E-state index in [0.717, 1.165) is 5.56 Å². The van der Waals surface area contributed by atoms with Crippen LogP contribution in [0.4, 0.5) is 5.13 Å². The molecular weight excluding hydrogens is 342 g/mol. The molecule has 0 atom stereocenters. The molecule has 0 aliphatic rings. The van der Waals surface area contributed by atoms with Crippen molar-refractivity contribution < 1.29 is 18.8 Å². The van der Waals surface area contributed by atoms with Gasteiger partial charge in [-0.2, -0.15) is 0 Å². The fourth-order valence-corrected chi connectivity index (χ4v) is 2.69. The number of hydrogen-bond donors (Lipinski definition) is 1. The van der Waals surface area contributed by atoms with Crippen LogP contribution in [-0.4, -0.2) is 29.3 Å². The Balaban J connectivity index is 1.81. The SMILES string of the molecule is CCOc1ccc(-c2cc(C(=O)Nc3nccs3)no2)cc1OCC. The zero-order valence-electron chi connectivity index (χ0n) is 13.8. The van der Waals surface area contributed by atoms with Gasteiger partial charge in [-0.25, -0.2) is 4.98 Å². The van der Waals surface area contributed by atoms with Gasteiger partial charge in [0, 0.05) is 23.2 Å². The monoisotopic (exact) mass is 359 g/mol. The predicted molar refractivity (Wildman–Crippen MR) is 94.3 cm³/mol. The maximum Gasteiger partial charge on any atom is 0.279 e. The standard InChI is InChI=1S/C17H17N3O4S/c1-3-22-13-6-5-11(9-15(13)23-4-2)14-10-12(20-24-14)16(21)19-17-18-7-8-25-17/h5-10H,3-4H2,1-2H3,(H,18,19,21). The molecule has 0 saturated carbocycles. The van der Waals surface area contributed by atoms with Gasteiger partial charge in [-0.15, -0.1) is 11.3 Å². The number of aromatic nitrogens is 2. The van der Waals surface area contributed by atoms with Crippen LogP contribution in [0.5, 0.6) is 11.5 Å². The zero-order valence-corrected chi connectivity index (χ0v) is 14.6. The molecular formula is C17H17N3O4S. The first kappa shape index (κ1) is 17.0. The van der Waals surface area contributed by atoms with Gasteiger partial charge in [0.2, 0.25) is 0 Å². The summed E-state index contributed by atoms with van der Waals surface area (Å²) in [5, 5.41) is 8.77. The number of hydrogen-bond acceptors (Lipinski definition) is 7. The topological polar surface area (TPSA) is 86.5 Å². The number of benzene rings is 1. The van der Waals surface area contributed by atoms with Gasteiger partial charge >= 0.3 is 0 Å². The summed E-state index contributed by atoms with van der Waals surface area (Å²) in [6, 6.07) is 7.02. The minimum atomic E-state index is -0.374. The molecule has 130 valence electrons. The van der Waals surface area contributed by atoms with Crippen LogP contribution in [0.1, 0.15) is 24.3 Å². The second-order valence-electron chi connectivity index (χ2n) is 4.90. The van der Waals surface area contributed by atoms with E-state index in [0.29, 0.717) is 35.6 Å². The third-order valence-electron chi connectivity index (χ3n) is 3.22. The summed E-state index contributed by atoms with van der Waals surface area (Å²) in [7, 11) is 0. The van der Waals surface area contributed by atoms with Gasteiger partial charge in [0.05, 0.1) is 13.2 Å². The Bertz CT molecular complexity index is 845. The summed E-state index contributed by atoms with van der Waals surface area (Å²) >= 11 is 1.33. The molecule has 2 heterocycles. The van der Waals surface area contributed by atoms with E-state index in [1.165, 1.54) is 11.3 Å². The summed E-state index contributed by atoms with van der Waals surface area (Å²) in [6.45, 7) is 4.87. The molecule has 3 rings (SSSR count). The van der Waals surface area contributed by atoms with E-state index in [4.69, 9.17) is 14.0 Å². The van der Waals surface area contributed by atoms with Crippen LogP contribution in [-0.2, 0) is 0 Å². The molecule has 2 aromatic heterocycles. The molecule has 0 aliphatic heterocycles. The van der Waals surface area contributed by atoms with Crippen molar-refractivity contribution in [3.05, 3.63) is 41.5 Å². The minimum absolute atomic E-state index is 0.178. The first-order chi connectivity index (χ1) is 12.2. The number of anilines is 1. The van der Waals surface area contributed by atoms with Gasteiger partial charge in [-0.3, -0.25) is 10.1 Å². The second-order valence-corrected chi connectivity index (χ2v) is 5.79. The van der Waals surface area contributed by atoms with E-state index in [2.05, 4.69) is 15.5 Å². The third-order valence-corrected chi connectivity index (χ3v) is 3.91. The number of amides is 1. The van der Waals surface area contributed by atoms with E-state index in [-0.39, 0.29) is 11.6 Å². The van der Waals surface area contributed by atoms with Gasteiger partial charge < -0.3 is 14.0 Å². The molecule has 25 heavy (non-hydrogen) atoms. The molecule has 1 amide bonds. The van der Waals surface area contributed by atoms with Gasteiger partial charge in [0.1, 0.15) is 0 Å². The number of rotatable bonds is 7. The summed E-state index contributed by atoms with van der Waals surface area (Å²) < 4.78 is 16.4. The summed E-state index contributed by atoms with van der Waals surface area (Å²) in [5.41, 5.74) is 0.921. The van der Waals surface area contributed by atoms with Crippen LogP contribution < -0.4 is 14.8 Å². The summed E-state index contributed by atoms with van der Waals surface area (Å²) in [6.07, 6.45) is 1.61. The second kappa shape index (κ2) is 7.80. The lowest BCUT2D eigenvalue weighted by Crippen LogP contribution is -2.11. The normalized spacial score (nSPS) is 10.5. The quantitative estimate of drug-likeness (QED) is 0.689. The van der Waals surface area contributed by atoms with E-state index >= 15 is 0 Å². The Hall–Kier alpha value is -2.87. The number of nitrogens with one attached hydrogen (secondary N) is 1. The van der Waals surface area contributed by atoms with E-state index in [1.54, 1.807) is 23.7 Å². The number of nitrogens with zero attached hydrogens (tertiary/aromatic N) is 2. The van der Waals surface area contributed by atoms with Gasteiger partial charge in [0.15, 0.2) is 28.1 Å². The Morgan fingerprint density at radius 1 is 1.20 bits per heavy atom. The molecule has 7 nitrogen and oxygen atoms in total. The zero-order chi connectivity index (χ0) is 17.6. The van der Waals surface area contributed by atoms with Gasteiger partial charge in [0.25, 0.3) is 5.91 Å². The average Bonchev–Trinajstić information content (AvgIpc) is 3.28. The molecule has 0 saturated heterocycles. The van der Waals surface area contributed by atoms with Gasteiger partial charge in [-0.1, -0.05) is 5.16 Å². The van der Waals surface area contributed by atoms with E-state index in [1.807, 2.05) is 26.0 Å². The molecule has 8 heteroatoms. The largest absolute Gasteiger partial charge is 0.490 e. The summed E-state index contributed by atoms with van der Waals surface area (Å²) in [4.78, 5) is 16.2. The van der Waals surface area contributed by atoms with Crippen molar-refractivity contribution in [1.29, 1.82) is 0 Å². The van der Waals surface area contributed by atoms with Crippen molar-refractivity contribution >= 4 is 22.4 Å². The molecule has 3 aromatic rings. The van der Waals surface area contributed by atoms with Crippen LogP contribution >= 0.6 is 11.3 Å². The maximum atomic E-state index is 12.2. The number of ether oxygens (including phenoxy) is 2. The highest BCUT2D eigenvalue weighted by atomic mass is 32.1. The lowest BCUT2D eigenvalue weighted by atomic mass is 10.1. The van der Waals surface area contributed by atoms with Crippen molar-refractivity contribution in [3.63, 3.8) is 0 Å². The lowest BCUT2D eigenvalue weighted by molar-refractivity contribution is 0.101. The highest BCUT2D eigenvalue weighted by Crippen LogP contribution is 2.33. The third kappa shape index (κ3) is 3.97. The van der Waals surface area contributed by atoms with Gasteiger partial charge in [-0.05, 0) is 32.0 Å². The Morgan fingerprint density at radius 2 is 2.00 bits per heavy atom. The Kier molecular flexibility index (Phi) is 5.30. The van der Waals surface area contributed by atoms with Crippen LogP contribution in [0.2, 0.25) is 0 Å². The van der Waals surface area contributed by atoms with Crippen LogP contribution in [0.25, 0.3) is 11.3 Å². The van der Waals surface area contributed by atoms with Crippen molar-refractivity contribution in [3.8, 4) is 22.8 Å². The Labute approximate surface area is 148 Å². The Morgan fingerprint density at radius 3 is 2.72 bits per heavy atom. The predicted octanol–water partition coefficient (Wildman–Crippen LogP) is 3.85. The lowest BCUT2D eigenvalue weighted by Gasteiger charge is -2.11. The molecule has 1 N–H and O–H groups in total. The van der Waals surface area contributed by atoms with Crippen LogP contribution in [0, 0.1) is 0 Å². The average molecular weight is 359 g/mol. The number of thiazole rings is 1. The molecule has 0 spiro atoms. The van der Waals surface area contributed by atoms with Crippen molar-refractivity contribution in [2.24, 2.45) is 0 Å². The smallest absolute Gasteiger partial charge is 0.279 e. The fourth-order valence-electron chi connectivity index (χ4n) is 2.17. The minimum Gasteiger partial charge on any atom is -0.490 e. The van der Waals surface area contributed by atoms with Crippen molar-refractivity contribution in [2.75, 3.05) is 18.5 Å². The molecule has 0 aliphatic carbocycles. The number of carbonyl (C=O) groups is 1. The maximum absolute atomic E-state index is 12.2.